The Morgan fingerprint density at radius 2 is 1.71 bits per heavy atom. The molecule has 2 aromatic rings. The first-order chi connectivity index (χ1) is 10.3. The Morgan fingerprint density at radius 3 is 2.43 bits per heavy atom. The molecule has 1 heterocycles. The fourth-order valence-corrected chi connectivity index (χ4v) is 2.59. The zero-order valence-electron chi connectivity index (χ0n) is 11.7. The molecule has 0 radical (unpaired) electrons. The van der Waals surface area contributed by atoms with Gasteiger partial charge in [0.2, 0.25) is 5.88 Å². The van der Waals surface area contributed by atoms with Crippen molar-refractivity contribution < 1.29 is 9.47 Å². The van der Waals surface area contributed by atoms with Crippen LogP contribution in [0.2, 0.25) is 5.02 Å². The third kappa shape index (κ3) is 3.85. The lowest BCUT2D eigenvalue weighted by Crippen LogP contribution is -2.19. The predicted molar refractivity (Wildman–Crippen MR) is 81.1 cm³/mol. The molecule has 21 heavy (non-hydrogen) atoms. The van der Waals surface area contributed by atoms with Crippen molar-refractivity contribution in [2.75, 3.05) is 0 Å². The van der Waals surface area contributed by atoms with Gasteiger partial charge in [-0.2, -0.15) is 0 Å². The maximum absolute atomic E-state index is 5.98. The van der Waals surface area contributed by atoms with Crippen molar-refractivity contribution in [1.82, 2.24) is 9.97 Å². The number of rotatable bonds is 4. The van der Waals surface area contributed by atoms with Gasteiger partial charge in [-0.15, -0.1) is 0 Å². The lowest BCUT2D eigenvalue weighted by atomic mass is 9.98. The van der Waals surface area contributed by atoms with E-state index in [2.05, 4.69) is 9.97 Å². The van der Waals surface area contributed by atoms with Gasteiger partial charge in [0.05, 0.1) is 12.3 Å². The quantitative estimate of drug-likeness (QED) is 0.826. The summed E-state index contributed by atoms with van der Waals surface area (Å²) < 4.78 is 11.6. The third-order valence-electron chi connectivity index (χ3n) is 3.53. The summed E-state index contributed by atoms with van der Waals surface area (Å²) in [6, 6.07) is 7.55. The summed E-state index contributed by atoms with van der Waals surface area (Å²) in [7, 11) is 0. The molecule has 110 valence electrons. The van der Waals surface area contributed by atoms with Crippen LogP contribution >= 0.6 is 11.6 Å². The van der Waals surface area contributed by atoms with Crippen LogP contribution in [0.15, 0.2) is 36.8 Å². The predicted octanol–water partition coefficient (Wildman–Crippen LogP) is 4.63. The lowest BCUT2D eigenvalue weighted by molar-refractivity contribution is 0.155. The zero-order chi connectivity index (χ0) is 14.5. The van der Waals surface area contributed by atoms with Gasteiger partial charge in [-0.05, 0) is 49.9 Å². The first-order valence-electron chi connectivity index (χ1n) is 7.21. The highest BCUT2D eigenvalue weighted by atomic mass is 35.5. The largest absolute Gasteiger partial charge is 0.490 e. The molecule has 0 unspecified atom stereocenters. The maximum atomic E-state index is 5.98. The fraction of sp³-hybridized carbons (Fsp3) is 0.375. The average molecular weight is 305 g/mol. The second-order valence-electron chi connectivity index (χ2n) is 5.13. The first kappa shape index (κ1) is 14.1. The number of hydrogen-bond donors (Lipinski definition) is 0. The van der Waals surface area contributed by atoms with Gasteiger partial charge in [-0.3, -0.25) is 0 Å². The lowest BCUT2D eigenvalue weighted by Gasteiger charge is -2.23. The van der Waals surface area contributed by atoms with Crippen LogP contribution in [0, 0.1) is 0 Å². The molecule has 0 atom stereocenters. The summed E-state index contributed by atoms with van der Waals surface area (Å²) in [5.41, 5.74) is 0. The van der Waals surface area contributed by atoms with E-state index in [9.17, 15) is 0 Å². The van der Waals surface area contributed by atoms with Gasteiger partial charge in [-0.1, -0.05) is 18.0 Å². The van der Waals surface area contributed by atoms with E-state index in [1.807, 2.05) is 24.3 Å². The van der Waals surface area contributed by atoms with Crippen LogP contribution in [0.25, 0.3) is 0 Å². The van der Waals surface area contributed by atoms with Crippen LogP contribution in [-0.4, -0.2) is 16.1 Å². The van der Waals surface area contributed by atoms with Gasteiger partial charge in [0.15, 0.2) is 0 Å². The smallest absolute Gasteiger partial charge is 0.241 e. The van der Waals surface area contributed by atoms with Gasteiger partial charge < -0.3 is 9.47 Å². The van der Waals surface area contributed by atoms with Crippen LogP contribution in [-0.2, 0) is 0 Å². The normalized spacial score (nSPS) is 15.7. The van der Waals surface area contributed by atoms with E-state index < -0.39 is 0 Å². The van der Waals surface area contributed by atoms with Gasteiger partial charge in [0.1, 0.15) is 22.8 Å². The van der Waals surface area contributed by atoms with Crippen molar-refractivity contribution >= 4 is 11.6 Å². The van der Waals surface area contributed by atoms with Crippen LogP contribution in [0.5, 0.6) is 17.4 Å². The van der Waals surface area contributed by atoms with E-state index in [0.717, 1.165) is 18.6 Å². The van der Waals surface area contributed by atoms with Crippen LogP contribution in [0.1, 0.15) is 32.1 Å². The van der Waals surface area contributed by atoms with E-state index in [4.69, 9.17) is 21.1 Å². The highest BCUT2D eigenvalue weighted by Crippen LogP contribution is 2.28. The highest BCUT2D eigenvalue weighted by Gasteiger charge is 2.14. The number of hydrogen-bond acceptors (Lipinski definition) is 4. The zero-order valence-corrected chi connectivity index (χ0v) is 12.4. The Morgan fingerprint density at radius 1 is 1.00 bits per heavy atom. The highest BCUT2D eigenvalue weighted by molar-refractivity contribution is 6.31. The Bertz CT molecular complexity index is 583. The van der Waals surface area contributed by atoms with Gasteiger partial charge in [0, 0.05) is 0 Å². The van der Waals surface area contributed by atoms with Crippen LogP contribution < -0.4 is 9.47 Å². The summed E-state index contributed by atoms with van der Waals surface area (Å²) in [6.07, 6.45) is 9.40. The molecular formula is C16H17ClN2O2. The van der Waals surface area contributed by atoms with E-state index in [1.165, 1.54) is 31.8 Å². The minimum Gasteiger partial charge on any atom is -0.490 e. The van der Waals surface area contributed by atoms with Crippen LogP contribution in [0.3, 0.4) is 0 Å². The molecule has 0 bridgehead atoms. The Labute approximate surface area is 129 Å². The minimum absolute atomic E-state index is 0.349. The molecule has 1 aromatic heterocycles. The Kier molecular flexibility index (Phi) is 4.55. The van der Waals surface area contributed by atoms with E-state index in [1.54, 1.807) is 0 Å². The number of benzene rings is 1. The van der Waals surface area contributed by atoms with Crippen molar-refractivity contribution in [3.63, 3.8) is 0 Å². The second-order valence-corrected chi connectivity index (χ2v) is 5.53. The molecule has 1 saturated carbocycles. The maximum Gasteiger partial charge on any atom is 0.241 e. The molecule has 0 saturated heterocycles. The van der Waals surface area contributed by atoms with Gasteiger partial charge >= 0.3 is 0 Å². The summed E-state index contributed by atoms with van der Waals surface area (Å²) >= 11 is 5.96. The Hall–Kier alpha value is -1.81. The molecular weight excluding hydrogens is 288 g/mol. The topological polar surface area (TPSA) is 44.2 Å². The van der Waals surface area contributed by atoms with Crippen molar-refractivity contribution in [2.45, 2.75) is 38.2 Å². The van der Waals surface area contributed by atoms with Crippen molar-refractivity contribution in [3.8, 4) is 17.4 Å². The number of ether oxygens (including phenoxy) is 2. The molecule has 1 aliphatic carbocycles. The molecule has 1 aromatic carbocycles. The van der Waals surface area contributed by atoms with Crippen molar-refractivity contribution in [1.29, 1.82) is 0 Å². The molecule has 4 nitrogen and oxygen atoms in total. The summed E-state index contributed by atoms with van der Waals surface area (Å²) in [5, 5.41) is 0.389. The van der Waals surface area contributed by atoms with E-state index in [-0.39, 0.29) is 0 Å². The fourth-order valence-electron chi connectivity index (χ4n) is 2.45. The van der Waals surface area contributed by atoms with Gasteiger partial charge in [-0.25, -0.2) is 9.97 Å². The number of nitrogens with zero attached hydrogens (tertiary/aromatic N) is 2. The average Bonchev–Trinajstić information content (AvgIpc) is 2.52. The third-order valence-corrected chi connectivity index (χ3v) is 3.79. The molecule has 0 aliphatic heterocycles. The standard InChI is InChI=1S/C16H17ClN2O2/c17-15-10-18-11-19-16(15)21-14-8-6-13(7-9-14)20-12-4-2-1-3-5-12/h6-12H,1-5H2. The number of halogens is 1. The molecule has 0 spiro atoms. The second kappa shape index (κ2) is 6.76. The van der Waals surface area contributed by atoms with E-state index in [0.29, 0.717) is 22.8 Å². The summed E-state index contributed by atoms with van der Waals surface area (Å²) in [6.45, 7) is 0. The molecule has 5 heteroatoms. The van der Waals surface area contributed by atoms with Crippen molar-refractivity contribution in [3.05, 3.63) is 41.8 Å². The van der Waals surface area contributed by atoms with Crippen molar-refractivity contribution in [2.24, 2.45) is 0 Å². The monoisotopic (exact) mass is 304 g/mol. The molecule has 0 N–H and O–H groups in total. The summed E-state index contributed by atoms with van der Waals surface area (Å²) in [5.74, 6) is 1.90. The Balaban J connectivity index is 1.62. The van der Waals surface area contributed by atoms with Crippen LogP contribution in [0.4, 0.5) is 0 Å². The van der Waals surface area contributed by atoms with Gasteiger partial charge in [0.25, 0.3) is 0 Å². The molecule has 1 aliphatic rings. The number of aromatic nitrogens is 2. The molecule has 3 rings (SSSR count). The van der Waals surface area contributed by atoms with E-state index >= 15 is 0 Å². The minimum atomic E-state index is 0.349. The SMILES string of the molecule is Clc1cncnc1Oc1ccc(OC2CCCCC2)cc1. The molecule has 0 amide bonds. The molecule has 1 fully saturated rings. The first-order valence-corrected chi connectivity index (χ1v) is 7.59. The summed E-state index contributed by atoms with van der Waals surface area (Å²) in [4.78, 5) is 7.82.